The maximum absolute atomic E-state index is 12.0. The van der Waals surface area contributed by atoms with Gasteiger partial charge in [0.15, 0.2) is 0 Å². The highest BCUT2D eigenvalue weighted by Gasteiger charge is 2.13. The second-order valence-corrected chi connectivity index (χ2v) is 6.22. The van der Waals surface area contributed by atoms with E-state index in [4.69, 9.17) is 0 Å². The molecule has 1 aliphatic heterocycles. The molecule has 0 bridgehead atoms. The topological polar surface area (TPSA) is 57.3 Å². The molecule has 1 fully saturated rings. The lowest BCUT2D eigenvalue weighted by molar-refractivity contribution is -0.117. The van der Waals surface area contributed by atoms with E-state index in [1.54, 1.807) is 11.3 Å². The van der Waals surface area contributed by atoms with Crippen LogP contribution in [0.3, 0.4) is 0 Å². The summed E-state index contributed by atoms with van der Waals surface area (Å²) < 4.78 is 1.11. The minimum atomic E-state index is 0.0486. The number of nitrogens with zero attached hydrogens (tertiary/aromatic N) is 2. The molecule has 106 valence electrons. The summed E-state index contributed by atoms with van der Waals surface area (Å²) in [6.45, 7) is 6.23. The minimum Gasteiger partial charge on any atom is -0.325 e. The zero-order chi connectivity index (χ0) is 13.9. The van der Waals surface area contributed by atoms with Gasteiger partial charge < -0.3 is 10.6 Å². The van der Waals surface area contributed by atoms with Gasteiger partial charge >= 0.3 is 0 Å². The van der Waals surface area contributed by atoms with Crippen molar-refractivity contribution in [3.05, 3.63) is 23.2 Å². The zero-order valence-corrected chi connectivity index (χ0v) is 12.3. The third kappa shape index (κ3) is 3.15. The highest BCUT2D eigenvalue weighted by Crippen LogP contribution is 2.24. The van der Waals surface area contributed by atoms with Gasteiger partial charge in [-0.15, -0.1) is 11.3 Å². The molecular weight excluding hydrogens is 272 g/mol. The molecule has 2 heterocycles. The molecule has 2 aromatic rings. The number of nitrogens with one attached hydrogen (secondary N) is 2. The Morgan fingerprint density at radius 3 is 3.05 bits per heavy atom. The number of amides is 1. The summed E-state index contributed by atoms with van der Waals surface area (Å²) in [7, 11) is 0. The first-order valence-electron chi connectivity index (χ1n) is 6.81. The van der Waals surface area contributed by atoms with Gasteiger partial charge in [-0.05, 0) is 25.1 Å². The third-order valence-corrected chi connectivity index (χ3v) is 4.29. The molecule has 1 aromatic carbocycles. The van der Waals surface area contributed by atoms with Crippen LogP contribution in [-0.2, 0) is 4.79 Å². The average Bonchev–Trinajstić information content (AvgIpc) is 2.79. The molecule has 2 N–H and O–H groups in total. The van der Waals surface area contributed by atoms with Crippen molar-refractivity contribution in [2.24, 2.45) is 0 Å². The van der Waals surface area contributed by atoms with Gasteiger partial charge in [0.1, 0.15) is 0 Å². The molecule has 0 atom stereocenters. The van der Waals surface area contributed by atoms with E-state index < -0.39 is 0 Å². The van der Waals surface area contributed by atoms with Crippen molar-refractivity contribution in [1.29, 1.82) is 0 Å². The van der Waals surface area contributed by atoms with E-state index in [9.17, 15) is 4.79 Å². The summed E-state index contributed by atoms with van der Waals surface area (Å²) in [5.74, 6) is 0.0486. The van der Waals surface area contributed by atoms with E-state index in [1.807, 2.05) is 25.1 Å². The number of carbonyl (C=O) groups excluding carboxylic acids is 1. The van der Waals surface area contributed by atoms with E-state index in [2.05, 4.69) is 20.5 Å². The first-order valence-corrected chi connectivity index (χ1v) is 7.62. The Morgan fingerprint density at radius 1 is 1.45 bits per heavy atom. The van der Waals surface area contributed by atoms with Crippen LogP contribution in [0.5, 0.6) is 0 Å². The molecule has 0 radical (unpaired) electrons. The average molecular weight is 290 g/mol. The van der Waals surface area contributed by atoms with Crippen molar-refractivity contribution >= 4 is 33.1 Å². The Labute approximate surface area is 122 Å². The number of benzene rings is 1. The van der Waals surface area contributed by atoms with Crippen LogP contribution < -0.4 is 10.6 Å². The molecule has 6 heteroatoms. The van der Waals surface area contributed by atoms with Crippen molar-refractivity contribution in [3.63, 3.8) is 0 Å². The van der Waals surface area contributed by atoms with Gasteiger partial charge in [0.2, 0.25) is 5.91 Å². The third-order valence-electron chi connectivity index (χ3n) is 3.36. The smallest absolute Gasteiger partial charge is 0.238 e. The summed E-state index contributed by atoms with van der Waals surface area (Å²) in [6.07, 6.45) is 0. The second-order valence-electron chi connectivity index (χ2n) is 4.99. The Balaban J connectivity index is 1.64. The van der Waals surface area contributed by atoms with Crippen LogP contribution in [-0.4, -0.2) is 48.5 Å². The number of rotatable bonds is 3. The van der Waals surface area contributed by atoms with E-state index in [-0.39, 0.29) is 5.91 Å². The van der Waals surface area contributed by atoms with Crippen molar-refractivity contribution in [2.75, 3.05) is 38.0 Å². The number of anilines is 1. The molecule has 5 nitrogen and oxygen atoms in total. The lowest BCUT2D eigenvalue weighted by Crippen LogP contribution is -2.46. The number of thiazole rings is 1. The standard InChI is InChI=1S/C14H18N4OS/c1-10-16-12-3-2-11(8-13(12)20-10)17-14(19)9-18-6-4-15-5-7-18/h2-3,8,15H,4-7,9H2,1H3,(H,17,19). The fourth-order valence-electron chi connectivity index (χ4n) is 2.39. The highest BCUT2D eigenvalue weighted by atomic mass is 32.1. The van der Waals surface area contributed by atoms with Crippen LogP contribution in [0.25, 0.3) is 10.2 Å². The Bertz CT molecular complexity index is 619. The quantitative estimate of drug-likeness (QED) is 0.898. The monoisotopic (exact) mass is 290 g/mol. The molecular formula is C14H18N4OS. The molecule has 1 aromatic heterocycles. The van der Waals surface area contributed by atoms with Gasteiger partial charge in [-0.2, -0.15) is 0 Å². The predicted molar refractivity (Wildman–Crippen MR) is 82.3 cm³/mol. The van der Waals surface area contributed by atoms with Crippen LogP contribution >= 0.6 is 11.3 Å². The summed E-state index contributed by atoms with van der Waals surface area (Å²) in [5, 5.41) is 7.30. The zero-order valence-electron chi connectivity index (χ0n) is 11.5. The van der Waals surface area contributed by atoms with Gasteiger partial charge in [0, 0.05) is 31.9 Å². The molecule has 0 spiro atoms. The molecule has 1 aliphatic rings. The number of aromatic nitrogens is 1. The van der Waals surface area contributed by atoms with Crippen molar-refractivity contribution in [1.82, 2.24) is 15.2 Å². The number of aryl methyl sites for hydroxylation is 1. The molecule has 1 saturated heterocycles. The number of fused-ring (bicyclic) bond motifs is 1. The Hall–Kier alpha value is -1.50. The molecule has 0 unspecified atom stereocenters. The van der Waals surface area contributed by atoms with Crippen molar-refractivity contribution in [2.45, 2.75) is 6.92 Å². The lowest BCUT2D eigenvalue weighted by Gasteiger charge is -2.26. The lowest BCUT2D eigenvalue weighted by atomic mass is 10.3. The van der Waals surface area contributed by atoms with E-state index in [0.29, 0.717) is 6.54 Å². The fraction of sp³-hybridized carbons (Fsp3) is 0.429. The van der Waals surface area contributed by atoms with Gasteiger partial charge in [0.25, 0.3) is 0 Å². The van der Waals surface area contributed by atoms with Gasteiger partial charge in [0.05, 0.1) is 21.8 Å². The largest absolute Gasteiger partial charge is 0.325 e. The minimum absolute atomic E-state index is 0.0486. The first-order chi connectivity index (χ1) is 9.70. The molecule has 0 aliphatic carbocycles. The Morgan fingerprint density at radius 2 is 2.25 bits per heavy atom. The van der Waals surface area contributed by atoms with Gasteiger partial charge in [-0.3, -0.25) is 9.69 Å². The molecule has 1 amide bonds. The van der Waals surface area contributed by atoms with E-state index >= 15 is 0 Å². The number of hydrogen-bond acceptors (Lipinski definition) is 5. The SMILES string of the molecule is Cc1nc2ccc(NC(=O)CN3CCNCC3)cc2s1. The maximum atomic E-state index is 12.0. The summed E-state index contributed by atoms with van der Waals surface area (Å²) in [4.78, 5) is 18.6. The van der Waals surface area contributed by atoms with E-state index in [0.717, 1.165) is 47.1 Å². The highest BCUT2D eigenvalue weighted by molar-refractivity contribution is 7.18. The normalized spacial score (nSPS) is 16.4. The molecule has 3 rings (SSSR count). The predicted octanol–water partition coefficient (Wildman–Crippen LogP) is 1.45. The summed E-state index contributed by atoms with van der Waals surface area (Å²) in [5.41, 5.74) is 1.84. The first kappa shape index (κ1) is 13.5. The molecule has 20 heavy (non-hydrogen) atoms. The maximum Gasteiger partial charge on any atom is 0.238 e. The van der Waals surface area contributed by atoms with Gasteiger partial charge in [-0.1, -0.05) is 0 Å². The summed E-state index contributed by atoms with van der Waals surface area (Å²) >= 11 is 1.65. The fourth-order valence-corrected chi connectivity index (χ4v) is 3.26. The molecule has 0 saturated carbocycles. The van der Waals surface area contributed by atoms with Crippen molar-refractivity contribution in [3.8, 4) is 0 Å². The van der Waals surface area contributed by atoms with Crippen molar-refractivity contribution < 1.29 is 4.79 Å². The number of carbonyl (C=O) groups is 1. The van der Waals surface area contributed by atoms with Crippen LogP contribution in [0.15, 0.2) is 18.2 Å². The summed E-state index contributed by atoms with van der Waals surface area (Å²) in [6, 6.07) is 5.87. The number of hydrogen-bond donors (Lipinski definition) is 2. The van der Waals surface area contributed by atoms with Crippen LogP contribution in [0, 0.1) is 6.92 Å². The van der Waals surface area contributed by atoms with Crippen LogP contribution in [0.4, 0.5) is 5.69 Å². The van der Waals surface area contributed by atoms with E-state index in [1.165, 1.54) is 0 Å². The van der Waals surface area contributed by atoms with Crippen LogP contribution in [0.1, 0.15) is 5.01 Å². The van der Waals surface area contributed by atoms with Crippen LogP contribution in [0.2, 0.25) is 0 Å². The Kier molecular flexibility index (Phi) is 3.95. The number of piperazine rings is 1. The van der Waals surface area contributed by atoms with Gasteiger partial charge in [-0.25, -0.2) is 4.98 Å². The second kappa shape index (κ2) is 5.87.